The zero-order chi connectivity index (χ0) is 16.8. The minimum atomic E-state index is 0.400. The van der Waals surface area contributed by atoms with Crippen LogP contribution in [0.15, 0.2) is 33.1 Å². The van der Waals surface area contributed by atoms with Gasteiger partial charge in [-0.3, -0.25) is 0 Å². The SMILES string of the molecule is N#Cc1nc(C2CC2)oc1N1CCN(c2nc3ccccc3o2)CC1. The molecule has 1 aliphatic heterocycles. The van der Waals surface area contributed by atoms with E-state index in [1.807, 2.05) is 24.3 Å². The van der Waals surface area contributed by atoms with Gasteiger partial charge in [0.2, 0.25) is 17.5 Å². The van der Waals surface area contributed by atoms with Crippen LogP contribution in [0.2, 0.25) is 0 Å². The van der Waals surface area contributed by atoms with Gasteiger partial charge >= 0.3 is 0 Å². The maximum Gasteiger partial charge on any atom is 0.298 e. The highest BCUT2D eigenvalue weighted by Crippen LogP contribution is 2.41. The van der Waals surface area contributed by atoms with E-state index in [0.717, 1.165) is 50.1 Å². The molecule has 126 valence electrons. The quantitative estimate of drug-likeness (QED) is 0.728. The van der Waals surface area contributed by atoms with E-state index in [0.29, 0.717) is 29.4 Å². The first-order valence-corrected chi connectivity index (χ1v) is 8.58. The van der Waals surface area contributed by atoms with Crippen molar-refractivity contribution in [1.82, 2.24) is 9.97 Å². The Bertz CT molecular complexity index is 924. The Morgan fingerprint density at radius 2 is 1.76 bits per heavy atom. The summed E-state index contributed by atoms with van der Waals surface area (Å²) in [4.78, 5) is 13.1. The summed E-state index contributed by atoms with van der Waals surface area (Å²) in [6, 6.07) is 10.6. The molecule has 1 aliphatic carbocycles. The van der Waals surface area contributed by atoms with E-state index in [1.54, 1.807) is 0 Å². The second-order valence-corrected chi connectivity index (χ2v) is 6.53. The van der Waals surface area contributed by atoms with Crippen molar-refractivity contribution in [2.24, 2.45) is 0 Å². The zero-order valence-corrected chi connectivity index (χ0v) is 13.7. The molecule has 3 heterocycles. The normalized spacial score (nSPS) is 17.9. The molecule has 2 fully saturated rings. The summed E-state index contributed by atoms with van der Waals surface area (Å²) in [7, 11) is 0. The van der Waals surface area contributed by atoms with Crippen LogP contribution in [0, 0.1) is 11.3 Å². The number of nitriles is 1. The van der Waals surface area contributed by atoms with Crippen molar-refractivity contribution < 1.29 is 8.83 Å². The lowest BCUT2D eigenvalue weighted by molar-refractivity contribution is 0.471. The number of para-hydroxylation sites is 2. The van der Waals surface area contributed by atoms with Gasteiger partial charge in [-0.1, -0.05) is 12.1 Å². The Balaban J connectivity index is 1.33. The van der Waals surface area contributed by atoms with Crippen molar-refractivity contribution >= 4 is 23.0 Å². The Morgan fingerprint density at radius 3 is 2.48 bits per heavy atom. The van der Waals surface area contributed by atoms with Gasteiger partial charge in [0.1, 0.15) is 11.6 Å². The van der Waals surface area contributed by atoms with E-state index < -0.39 is 0 Å². The molecule has 25 heavy (non-hydrogen) atoms. The Morgan fingerprint density at radius 1 is 1.00 bits per heavy atom. The number of benzene rings is 1. The molecule has 7 heteroatoms. The van der Waals surface area contributed by atoms with Crippen LogP contribution in [0.1, 0.15) is 30.3 Å². The molecule has 0 radical (unpaired) electrons. The zero-order valence-electron chi connectivity index (χ0n) is 13.7. The van der Waals surface area contributed by atoms with Crippen LogP contribution in [0.4, 0.5) is 11.9 Å². The van der Waals surface area contributed by atoms with E-state index in [-0.39, 0.29) is 0 Å². The minimum Gasteiger partial charge on any atom is -0.423 e. The summed E-state index contributed by atoms with van der Waals surface area (Å²) in [5.74, 6) is 1.73. The van der Waals surface area contributed by atoms with Crippen molar-refractivity contribution in [3.8, 4) is 6.07 Å². The lowest BCUT2D eigenvalue weighted by Crippen LogP contribution is -2.46. The number of fused-ring (bicyclic) bond motifs is 1. The van der Waals surface area contributed by atoms with E-state index in [1.165, 1.54) is 0 Å². The Kier molecular flexibility index (Phi) is 3.17. The van der Waals surface area contributed by atoms with Gasteiger partial charge in [0.25, 0.3) is 6.01 Å². The fourth-order valence-electron chi connectivity index (χ4n) is 3.22. The van der Waals surface area contributed by atoms with Crippen LogP contribution in [-0.4, -0.2) is 36.1 Å². The highest BCUT2D eigenvalue weighted by molar-refractivity contribution is 5.74. The number of piperazine rings is 1. The molecule has 1 saturated carbocycles. The third kappa shape index (κ3) is 2.50. The van der Waals surface area contributed by atoms with E-state index >= 15 is 0 Å². The molecule has 0 atom stereocenters. The van der Waals surface area contributed by atoms with Gasteiger partial charge in [0, 0.05) is 32.1 Å². The van der Waals surface area contributed by atoms with Gasteiger partial charge in [-0.15, -0.1) is 0 Å². The summed E-state index contributed by atoms with van der Waals surface area (Å²) in [6.45, 7) is 3.01. The molecule has 1 aromatic carbocycles. The van der Waals surface area contributed by atoms with E-state index in [2.05, 4.69) is 25.8 Å². The average Bonchev–Trinajstić information content (AvgIpc) is 3.27. The summed E-state index contributed by atoms with van der Waals surface area (Å²) in [5.41, 5.74) is 2.07. The third-order valence-corrected chi connectivity index (χ3v) is 4.78. The molecule has 0 bridgehead atoms. The number of oxazole rings is 2. The van der Waals surface area contributed by atoms with E-state index in [4.69, 9.17) is 8.83 Å². The van der Waals surface area contributed by atoms with Crippen LogP contribution >= 0.6 is 0 Å². The molecular weight excluding hydrogens is 318 g/mol. The second-order valence-electron chi connectivity index (χ2n) is 6.53. The predicted molar refractivity (Wildman–Crippen MR) is 91.6 cm³/mol. The van der Waals surface area contributed by atoms with Gasteiger partial charge in [0.05, 0.1) is 0 Å². The maximum atomic E-state index is 9.34. The monoisotopic (exact) mass is 335 g/mol. The summed E-state index contributed by atoms with van der Waals surface area (Å²) < 4.78 is 11.7. The summed E-state index contributed by atoms with van der Waals surface area (Å²) in [6.07, 6.45) is 2.21. The highest BCUT2D eigenvalue weighted by Gasteiger charge is 2.32. The topological polar surface area (TPSA) is 82.3 Å². The molecule has 2 aromatic heterocycles. The smallest absolute Gasteiger partial charge is 0.298 e. The fourth-order valence-corrected chi connectivity index (χ4v) is 3.22. The molecule has 5 rings (SSSR count). The number of rotatable bonds is 3. The molecule has 0 spiro atoms. The van der Waals surface area contributed by atoms with Crippen molar-refractivity contribution in [3.63, 3.8) is 0 Å². The third-order valence-electron chi connectivity index (χ3n) is 4.78. The first-order valence-electron chi connectivity index (χ1n) is 8.58. The molecule has 1 saturated heterocycles. The van der Waals surface area contributed by atoms with Gasteiger partial charge in [-0.05, 0) is 25.0 Å². The van der Waals surface area contributed by atoms with Crippen LogP contribution in [0.5, 0.6) is 0 Å². The Labute approximate surface area is 144 Å². The van der Waals surface area contributed by atoms with Gasteiger partial charge in [-0.2, -0.15) is 10.2 Å². The lowest BCUT2D eigenvalue weighted by Gasteiger charge is -2.33. The number of hydrogen-bond acceptors (Lipinski definition) is 7. The lowest BCUT2D eigenvalue weighted by atomic mass is 10.3. The molecule has 0 unspecified atom stereocenters. The minimum absolute atomic E-state index is 0.400. The van der Waals surface area contributed by atoms with Crippen molar-refractivity contribution in [3.05, 3.63) is 35.9 Å². The molecule has 0 amide bonds. The molecule has 7 nitrogen and oxygen atoms in total. The maximum absolute atomic E-state index is 9.34. The van der Waals surface area contributed by atoms with E-state index in [9.17, 15) is 5.26 Å². The standard InChI is InChI=1S/C18H17N5O2/c19-11-14-17(25-16(20-14)12-5-6-12)22-7-9-23(10-8-22)18-21-13-3-1-2-4-15(13)24-18/h1-4,12H,5-10H2. The molecule has 2 aliphatic rings. The van der Waals surface area contributed by atoms with Gasteiger partial charge in [-0.25, -0.2) is 4.98 Å². The van der Waals surface area contributed by atoms with Crippen LogP contribution < -0.4 is 9.80 Å². The predicted octanol–water partition coefficient (Wildman–Crippen LogP) is 2.89. The van der Waals surface area contributed by atoms with Crippen LogP contribution in [0.25, 0.3) is 11.1 Å². The second kappa shape index (κ2) is 5.52. The van der Waals surface area contributed by atoms with Crippen molar-refractivity contribution in [2.75, 3.05) is 36.0 Å². The number of nitrogens with zero attached hydrogens (tertiary/aromatic N) is 5. The average molecular weight is 335 g/mol. The highest BCUT2D eigenvalue weighted by atomic mass is 16.4. The summed E-state index contributed by atoms with van der Waals surface area (Å²) in [5, 5.41) is 9.34. The molecule has 3 aromatic rings. The van der Waals surface area contributed by atoms with Gasteiger partial charge in [0.15, 0.2) is 5.58 Å². The van der Waals surface area contributed by atoms with Crippen molar-refractivity contribution in [2.45, 2.75) is 18.8 Å². The van der Waals surface area contributed by atoms with Crippen molar-refractivity contribution in [1.29, 1.82) is 5.26 Å². The number of aromatic nitrogens is 2. The first kappa shape index (κ1) is 14.3. The number of hydrogen-bond donors (Lipinski definition) is 0. The number of anilines is 2. The van der Waals surface area contributed by atoms with Gasteiger partial charge < -0.3 is 18.6 Å². The Hall–Kier alpha value is -3.01. The molecular formula is C18H17N5O2. The first-order chi connectivity index (χ1) is 12.3. The summed E-state index contributed by atoms with van der Waals surface area (Å²) >= 11 is 0. The van der Waals surface area contributed by atoms with Crippen LogP contribution in [-0.2, 0) is 0 Å². The molecule has 0 N–H and O–H groups in total. The largest absolute Gasteiger partial charge is 0.423 e. The fraction of sp³-hybridized carbons (Fsp3) is 0.389. The van der Waals surface area contributed by atoms with Crippen LogP contribution in [0.3, 0.4) is 0 Å².